The molecule has 1 atom stereocenters. The van der Waals surface area contributed by atoms with Crippen LogP contribution in [0.4, 0.5) is 0 Å². The third-order valence-corrected chi connectivity index (χ3v) is 3.57. The first-order valence-corrected chi connectivity index (χ1v) is 7.02. The van der Waals surface area contributed by atoms with Crippen molar-refractivity contribution in [3.63, 3.8) is 0 Å². The van der Waals surface area contributed by atoms with Crippen molar-refractivity contribution in [1.29, 1.82) is 0 Å². The van der Waals surface area contributed by atoms with E-state index in [0.717, 1.165) is 3.57 Å². The molecule has 1 heterocycles. The van der Waals surface area contributed by atoms with Crippen LogP contribution in [-0.4, -0.2) is 47.7 Å². The molecule has 1 fully saturated rings. The molecule has 0 spiro atoms. The number of ether oxygens (including phenoxy) is 1. The Balaban J connectivity index is 2.04. The molecule has 102 valence electrons. The first-order valence-electron chi connectivity index (χ1n) is 5.94. The fourth-order valence-corrected chi connectivity index (χ4v) is 2.57. The predicted molar refractivity (Wildman–Crippen MR) is 77.1 cm³/mol. The second kappa shape index (κ2) is 6.33. The van der Waals surface area contributed by atoms with E-state index in [9.17, 15) is 9.59 Å². The topological polar surface area (TPSA) is 66.8 Å². The van der Waals surface area contributed by atoms with Gasteiger partial charge in [-0.15, -0.1) is 0 Å². The highest BCUT2D eigenvalue weighted by Gasteiger charge is 2.26. The number of morpholine rings is 1. The Bertz CT molecular complexity index is 491. The van der Waals surface area contributed by atoms with Crippen molar-refractivity contribution in [2.45, 2.75) is 12.5 Å². The molecule has 0 radical (unpaired) electrons. The summed E-state index contributed by atoms with van der Waals surface area (Å²) in [5, 5.41) is 8.76. The van der Waals surface area contributed by atoms with Crippen molar-refractivity contribution >= 4 is 34.5 Å². The van der Waals surface area contributed by atoms with Gasteiger partial charge < -0.3 is 14.7 Å². The number of rotatable bonds is 3. The number of carbonyl (C=O) groups is 2. The van der Waals surface area contributed by atoms with Crippen LogP contribution in [0.5, 0.6) is 0 Å². The third kappa shape index (κ3) is 3.90. The molecule has 0 aliphatic carbocycles. The summed E-state index contributed by atoms with van der Waals surface area (Å²) in [6.07, 6.45) is -0.492. The summed E-state index contributed by atoms with van der Waals surface area (Å²) >= 11 is 2.16. The Morgan fingerprint density at radius 2 is 2.26 bits per heavy atom. The zero-order valence-corrected chi connectivity index (χ0v) is 12.4. The number of hydrogen-bond donors (Lipinski definition) is 1. The highest BCUT2D eigenvalue weighted by atomic mass is 127. The molecule has 1 amide bonds. The lowest BCUT2D eigenvalue weighted by molar-refractivity contribution is -0.141. The van der Waals surface area contributed by atoms with E-state index < -0.39 is 12.1 Å². The van der Waals surface area contributed by atoms with E-state index in [4.69, 9.17) is 9.84 Å². The van der Waals surface area contributed by atoms with Crippen LogP contribution in [0.25, 0.3) is 0 Å². The number of halogens is 1. The molecular weight excluding hydrogens is 361 g/mol. The minimum Gasteiger partial charge on any atom is -0.481 e. The van der Waals surface area contributed by atoms with Gasteiger partial charge in [-0.2, -0.15) is 0 Å². The maximum atomic E-state index is 12.3. The number of carbonyl (C=O) groups excluding carboxylic acids is 1. The normalized spacial score (nSPS) is 19.2. The van der Waals surface area contributed by atoms with Crippen LogP contribution in [0.2, 0.25) is 0 Å². The summed E-state index contributed by atoms with van der Waals surface area (Å²) in [5.74, 6) is -0.981. The van der Waals surface area contributed by atoms with Crippen LogP contribution in [0.1, 0.15) is 16.8 Å². The van der Waals surface area contributed by atoms with Crippen LogP contribution >= 0.6 is 22.6 Å². The number of aliphatic carboxylic acids is 1. The number of amides is 1. The zero-order chi connectivity index (χ0) is 13.8. The summed E-state index contributed by atoms with van der Waals surface area (Å²) < 4.78 is 6.35. The van der Waals surface area contributed by atoms with Gasteiger partial charge in [-0.1, -0.05) is 6.07 Å². The van der Waals surface area contributed by atoms with Gasteiger partial charge in [0.2, 0.25) is 0 Å². The molecule has 1 N–H and O–H groups in total. The molecule has 1 saturated heterocycles. The Labute approximate surface area is 124 Å². The van der Waals surface area contributed by atoms with Crippen molar-refractivity contribution in [1.82, 2.24) is 4.90 Å². The monoisotopic (exact) mass is 375 g/mol. The fraction of sp³-hybridized carbons (Fsp3) is 0.385. The maximum Gasteiger partial charge on any atom is 0.306 e. The number of benzene rings is 1. The summed E-state index contributed by atoms with van der Waals surface area (Å²) in [6.45, 7) is 1.21. The second-order valence-electron chi connectivity index (χ2n) is 4.35. The van der Waals surface area contributed by atoms with Gasteiger partial charge in [0.1, 0.15) is 0 Å². The highest BCUT2D eigenvalue weighted by Crippen LogP contribution is 2.14. The average Bonchev–Trinajstić information content (AvgIpc) is 2.37. The van der Waals surface area contributed by atoms with Crippen LogP contribution < -0.4 is 0 Å². The minimum atomic E-state index is -0.909. The van der Waals surface area contributed by atoms with E-state index in [1.807, 2.05) is 18.2 Å². The number of hydrogen-bond acceptors (Lipinski definition) is 3. The molecule has 19 heavy (non-hydrogen) atoms. The number of carboxylic acids is 1. The molecule has 2 rings (SSSR count). The van der Waals surface area contributed by atoms with E-state index in [0.29, 0.717) is 25.3 Å². The van der Waals surface area contributed by atoms with Gasteiger partial charge in [0.15, 0.2) is 0 Å². The molecule has 5 nitrogen and oxygen atoms in total. The first-order chi connectivity index (χ1) is 9.06. The summed E-state index contributed by atoms with van der Waals surface area (Å²) in [6, 6.07) is 7.35. The Kier molecular flexibility index (Phi) is 4.76. The summed E-state index contributed by atoms with van der Waals surface area (Å²) in [5.41, 5.74) is 0.628. The number of nitrogens with zero attached hydrogens (tertiary/aromatic N) is 1. The molecule has 1 aromatic carbocycles. The lowest BCUT2D eigenvalue weighted by atomic mass is 10.1. The second-order valence-corrected chi connectivity index (χ2v) is 5.60. The van der Waals surface area contributed by atoms with E-state index >= 15 is 0 Å². The lowest BCUT2D eigenvalue weighted by Crippen LogP contribution is -2.46. The molecule has 1 unspecified atom stereocenters. The molecular formula is C13H14INO4. The van der Waals surface area contributed by atoms with Crippen molar-refractivity contribution < 1.29 is 19.4 Å². The summed E-state index contributed by atoms with van der Waals surface area (Å²) in [4.78, 5) is 24.6. The maximum absolute atomic E-state index is 12.3. The zero-order valence-electron chi connectivity index (χ0n) is 10.2. The third-order valence-electron chi connectivity index (χ3n) is 2.90. The van der Waals surface area contributed by atoms with Crippen LogP contribution in [0.15, 0.2) is 24.3 Å². The molecule has 0 aromatic heterocycles. The highest BCUT2D eigenvalue weighted by molar-refractivity contribution is 14.1. The van der Waals surface area contributed by atoms with Crippen molar-refractivity contribution in [2.75, 3.05) is 19.7 Å². The van der Waals surface area contributed by atoms with Gasteiger partial charge in [-0.3, -0.25) is 9.59 Å². The smallest absolute Gasteiger partial charge is 0.306 e. The molecule has 1 aromatic rings. The van der Waals surface area contributed by atoms with E-state index in [1.54, 1.807) is 11.0 Å². The average molecular weight is 375 g/mol. The summed E-state index contributed by atoms with van der Waals surface area (Å²) in [7, 11) is 0. The van der Waals surface area contributed by atoms with E-state index in [2.05, 4.69) is 22.6 Å². The Morgan fingerprint density at radius 3 is 2.95 bits per heavy atom. The van der Waals surface area contributed by atoms with Gasteiger partial charge in [0, 0.05) is 22.2 Å². The van der Waals surface area contributed by atoms with Crippen molar-refractivity contribution in [2.24, 2.45) is 0 Å². The van der Waals surface area contributed by atoms with Crippen molar-refractivity contribution in [3.05, 3.63) is 33.4 Å². The van der Waals surface area contributed by atoms with Gasteiger partial charge >= 0.3 is 5.97 Å². The van der Waals surface area contributed by atoms with Gasteiger partial charge in [-0.25, -0.2) is 0 Å². The molecule has 0 saturated carbocycles. The Hall–Kier alpha value is -1.15. The van der Waals surface area contributed by atoms with Crippen LogP contribution in [0, 0.1) is 3.57 Å². The van der Waals surface area contributed by atoms with Gasteiger partial charge in [0.25, 0.3) is 5.91 Å². The SMILES string of the molecule is O=C(O)CC1CN(C(=O)c2cccc(I)c2)CCO1. The Morgan fingerprint density at radius 1 is 1.47 bits per heavy atom. The van der Waals surface area contributed by atoms with E-state index in [-0.39, 0.29) is 12.3 Å². The van der Waals surface area contributed by atoms with Crippen LogP contribution in [0.3, 0.4) is 0 Å². The first kappa shape index (κ1) is 14.3. The largest absolute Gasteiger partial charge is 0.481 e. The van der Waals surface area contributed by atoms with Crippen molar-refractivity contribution in [3.8, 4) is 0 Å². The molecule has 1 aliphatic rings. The van der Waals surface area contributed by atoms with Gasteiger partial charge in [-0.05, 0) is 40.8 Å². The molecule has 1 aliphatic heterocycles. The minimum absolute atomic E-state index is 0.0720. The standard InChI is InChI=1S/C13H14INO4/c14-10-3-1-2-9(6-10)13(18)15-4-5-19-11(8-15)7-12(16)17/h1-3,6,11H,4-5,7-8H2,(H,16,17). The lowest BCUT2D eigenvalue weighted by Gasteiger charge is -2.32. The van der Waals surface area contributed by atoms with E-state index in [1.165, 1.54) is 0 Å². The van der Waals surface area contributed by atoms with Crippen LogP contribution in [-0.2, 0) is 9.53 Å². The predicted octanol–water partition coefficient (Wildman–Crippen LogP) is 1.61. The quantitative estimate of drug-likeness (QED) is 0.816. The number of carboxylic acid groups (broad SMARTS) is 1. The van der Waals surface area contributed by atoms with Gasteiger partial charge in [0.05, 0.1) is 19.1 Å². The fourth-order valence-electron chi connectivity index (χ4n) is 2.03. The molecule has 6 heteroatoms. The molecule has 0 bridgehead atoms.